The van der Waals surface area contributed by atoms with Gasteiger partial charge in [-0.3, -0.25) is 4.79 Å². The van der Waals surface area contributed by atoms with Crippen LogP contribution in [0.4, 0.5) is 0 Å². The average molecular weight is 306 g/mol. The van der Waals surface area contributed by atoms with Crippen LogP contribution in [0.25, 0.3) is 0 Å². The summed E-state index contributed by atoms with van der Waals surface area (Å²) in [7, 11) is 1.78. The summed E-state index contributed by atoms with van der Waals surface area (Å²) in [6.07, 6.45) is 0.630. The van der Waals surface area contributed by atoms with Crippen molar-refractivity contribution in [2.24, 2.45) is 0 Å². The van der Waals surface area contributed by atoms with Crippen molar-refractivity contribution in [1.29, 1.82) is 0 Å². The molecule has 0 unspecified atom stereocenters. The SMILES string of the molecule is CN[C@@H](Cc1ccccc1)C(=O)OCc1ccccc1.Cl. The van der Waals surface area contributed by atoms with Crippen LogP contribution in [-0.4, -0.2) is 19.1 Å². The number of hydrogen-bond acceptors (Lipinski definition) is 3. The van der Waals surface area contributed by atoms with Crippen molar-refractivity contribution in [3.8, 4) is 0 Å². The molecule has 1 atom stereocenters. The Morgan fingerprint density at radius 3 is 2.05 bits per heavy atom. The van der Waals surface area contributed by atoms with Gasteiger partial charge in [0, 0.05) is 0 Å². The summed E-state index contributed by atoms with van der Waals surface area (Å²) in [5.74, 6) is -0.222. The number of carbonyl (C=O) groups excluding carboxylic acids is 1. The number of likely N-dealkylation sites (N-methyl/N-ethyl adjacent to an activating group) is 1. The Hall–Kier alpha value is -1.84. The zero-order valence-corrected chi connectivity index (χ0v) is 12.8. The average Bonchev–Trinajstić information content (AvgIpc) is 2.52. The second-order valence-electron chi connectivity index (χ2n) is 4.62. The third kappa shape index (κ3) is 5.58. The van der Waals surface area contributed by atoms with E-state index in [1.165, 1.54) is 0 Å². The van der Waals surface area contributed by atoms with E-state index in [0.29, 0.717) is 13.0 Å². The van der Waals surface area contributed by atoms with Crippen LogP contribution >= 0.6 is 12.4 Å². The number of esters is 1. The molecule has 2 rings (SSSR count). The monoisotopic (exact) mass is 305 g/mol. The van der Waals surface area contributed by atoms with Crippen molar-refractivity contribution in [3.63, 3.8) is 0 Å². The Morgan fingerprint density at radius 1 is 1.00 bits per heavy atom. The van der Waals surface area contributed by atoms with Gasteiger partial charge in [-0.15, -0.1) is 12.4 Å². The molecular weight excluding hydrogens is 286 g/mol. The van der Waals surface area contributed by atoms with Crippen LogP contribution in [0.3, 0.4) is 0 Å². The van der Waals surface area contributed by atoms with E-state index in [1.54, 1.807) is 7.05 Å². The van der Waals surface area contributed by atoms with Crippen LogP contribution in [0.15, 0.2) is 60.7 Å². The fourth-order valence-electron chi connectivity index (χ4n) is 1.98. The maximum absolute atomic E-state index is 12.1. The highest BCUT2D eigenvalue weighted by molar-refractivity contribution is 5.85. The molecule has 0 radical (unpaired) electrons. The molecule has 0 amide bonds. The molecule has 3 nitrogen and oxygen atoms in total. The van der Waals surface area contributed by atoms with Crippen molar-refractivity contribution in [2.75, 3.05) is 7.05 Å². The Bertz CT molecular complexity index is 531. The minimum atomic E-state index is -0.318. The van der Waals surface area contributed by atoms with Gasteiger partial charge in [-0.05, 0) is 24.6 Å². The Labute approximate surface area is 131 Å². The first-order valence-electron chi connectivity index (χ1n) is 6.71. The second kappa shape index (κ2) is 9.16. The van der Waals surface area contributed by atoms with Crippen LogP contribution in [0.5, 0.6) is 0 Å². The van der Waals surface area contributed by atoms with Crippen molar-refractivity contribution in [1.82, 2.24) is 5.32 Å². The lowest BCUT2D eigenvalue weighted by atomic mass is 10.1. The molecular formula is C17H20ClNO2. The van der Waals surface area contributed by atoms with Crippen LogP contribution < -0.4 is 5.32 Å². The predicted molar refractivity (Wildman–Crippen MR) is 86.5 cm³/mol. The van der Waals surface area contributed by atoms with Gasteiger partial charge < -0.3 is 10.1 Å². The van der Waals surface area contributed by atoms with Gasteiger partial charge in [-0.1, -0.05) is 60.7 Å². The second-order valence-corrected chi connectivity index (χ2v) is 4.62. The smallest absolute Gasteiger partial charge is 0.323 e. The van der Waals surface area contributed by atoms with E-state index in [2.05, 4.69) is 5.32 Å². The summed E-state index contributed by atoms with van der Waals surface area (Å²) >= 11 is 0. The van der Waals surface area contributed by atoms with Gasteiger partial charge in [0.15, 0.2) is 0 Å². The highest BCUT2D eigenvalue weighted by Gasteiger charge is 2.18. The maximum atomic E-state index is 12.1. The van der Waals surface area contributed by atoms with E-state index in [1.807, 2.05) is 60.7 Å². The summed E-state index contributed by atoms with van der Waals surface area (Å²) in [6.45, 7) is 0.312. The van der Waals surface area contributed by atoms with Crippen LogP contribution in [0.1, 0.15) is 11.1 Å². The molecule has 2 aromatic carbocycles. The largest absolute Gasteiger partial charge is 0.460 e. The highest BCUT2D eigenvalue weighted by Crippen LogP contribution is 2.06. The fourth-order valence-corrected chi connectivity index (χ4v) is 1.98. The summed E-state index contributed by atoms with van der Waals surface area (Å²) in [5.41, 5.74) is 2.11. The van der Waals surface area contributed by atoms with E-state index in [9.17, 15) is 4.79 Å². The van der Waals surface area contributed by atoms with E-state index >= 15 is 0 Å². The summed E-state index contributed by atoms with van der Waals surface area (Å²) < 4.78 is 5.35. The molecule has 0 saturated carbocycles. The lowest BCUT2D eigenvalue weighted by Crippen LogP contribution is -2.37. The number of ether oxygens (including phenoxy) is 1. The molecule has 0 fully saturated rings. The predicted octanol–water partition coefficient (Wildman–Crippen LogP) is 2.98. The van der Waals surface area contributed by atoms with Crippen LogP contribution in [-0.2, 0) is 22.6 Å². The number of hydrogen-bond donors (Lipinski definition) is 1. The summed E-state index contributed by atoms with van der Waals surface area (Å²) in [4.78, 5) is 12.1. The van der Waals surface area contributed by atoms with Gasteiger partial charge in [0.05, 0.1) is 0 Å². The number of halogens is 1. The van der Waals surface area contributed by atoms with Crippen LogP contribution in [0.2, 0.25) is 0 Å². The third-order valence-corrected chi connectivity index (χ3v) is 3.14. The molecule has 4 heteroatoms. The van der Waals surface area contributed by atoms with E-state index in [0.717, 1.165) is 11.1 Å². The summed E-state index contributed by atoms with van der Waals surface area (Å²) in [6, 6.07) is 19.3. The first-order chi connectivity index (χ1) is 9.79. The molecule has 0 aliphatic heterocycles. The molecule has 0 aliphatic carbocycles. The molecule has 21 heavy (non-hydrogen) atoms. The van der Waals surface area contributed by atoms with Gasteiger partial charge in [-0.2, -0.15) is 0 Å². The van der Waals surface area contributed by atoms with Gasteiger partial charge >= 0.3 is 5.97 Å². The molecule has 0 spiro atoms. The molecule has 1 N–H and O–H groups in total. The third-order valence-electron chi connectivity index (χ3n) is 3.14. The molecule has 0 aliphatic rings. The normalized spacial score (nSPS) is 11.3. The molecule has 0 bridgehead atoms. The first-order valence-corrected chi connectivity index (χ1v) is 6.71. The molecule has 2 aromatic rings. The van der Waals surface area contributed by atoms with Crippen molar-refractivity contribution in [2.45, 2.75) is 19.1 Å². The minimum absolute atomic E-state index is 0. The summed E-state index contributed by atoms with van der Waals surface area (Å²) in [5, 5.41) is 3.01. The molecule has 0 aromatic heterocycles. The quantitative estimate of drug-likeness (QED) is 0.834. The fraction of sp³-hybridized carbons (Fsp3) is 0.235. The lowest BCUT2D eigenvalue weighted by Gasteiger charge is -2.15. The number of benzene rings is 2. The van der Waals surface area contributed by atoms with Crippen LogP contribution in [0, 0.1) is 0 Å². The first kappa shape index (κ1) is 17.2. The lowest BCUT2D eigenvalue weighted by molar-refractivity contribution is -0.147. The Morgan fingerprint density at radius 2 is 1.52 bits per heavy atom. The topological polar surface area (TPSA) is 38.3 Å². The Balaban J connectivity index is 0.00000220. The van der Waals surface area contributed by atoms with Gasteiger partial charge in [0.25, 0.3) is 0 Å². The van der Waals surface area contributed by atoms with Crippen molar-refractivity contribution < 1.29 is 9.53 Å². The highest BCUT2D eigenvalue weighted by atomic mass is 35.5. The maximum Gasteiger partial charge on any atom is 0.323 e. The van der Waals surface area contributed by atoms with Gasteiger partial charge in [-0.25, -0.2) is 0 Å². The van der Waals surface area contributed by atoms with E-state index in [-0.39, 0.29) is 24.4 Å². The van der Waals surface area contributed by atoms with Crippen molar-refractivity contribution in [3.05, 3.63) is 71.8 Å². The van der Waals surface area contributed by atoms with E-state index < -0.39 is 0 Å². The van der Waals surface area contributed by atoms with Crippen molar-refractivity contribution >= 4 is 18.4 Å². The zero-order chi connectivity index (χ0) is 14.2. The van der Waals surface area contributed by atoms with E-state index in [4.69, 9.17) is 4.74 Å². The molecule has 112 valence electrons. The Kier molecular flexibility index (Phi) is 7.51. The number of nitrogens with one attached hydrogen (secondary N) is 1. The van der Waals surface area contributed by atoms with Gasteiger partial charge in [0.1, 0.15) is 12.6 Å². The zero-order valence-electron chi connectivity index (χ0n) is 12.0. The molecule has 0 heterocycles. The minimum Gasteiger partial charge on any atom is -0.460 e. The van der Waals surface area contributed by atoms with Gasteiger partial charge in [0.2, 0.25) is 0 Å². The number of rotatable bonds is 6. The number of carbonyl (C=O) groups is 1. The standard InChI is InChI=1S/C17H19NO2.ClH/c1-18-16(12-14-8-4-2-5-9-14)17(19)20-13-15-10-6-3-7-11-15;/h2-11,16,18H,12-13H2,1H3;1H/t16-;/m0./s1. The molecule has 0 saturated heterocycles.